The molecule has 0 atom stereocenters. The SMILES string of the molecule is COCCNC(=O)Cc1cc(C(C)=O)ccc1OC. The minimum absolute atomic E-state index is 0.0382. The van der Waals surface area contributed by atoms with Crippen molar-refractivity contribution in [2.24, 2.45) is 0 Å². The Morgan fingerprint density at radius 2 is 2.00 bits per heavy atom. The number of Topliss-reactive ketones (excluding diaryl/α,β-unsaturated/α-hetero) is 1. The van der Waals surface area contributed by atoms with Crippen LogP contribution in [-0.2, 0) is 16.0 Å². The van der Waals surface area contributed by atoms with E-state index >= 15 is 0 Å². The molecule has 1 aromatic carbocycles. The van der Waals surface area contributed by atoms with Crippen LogP contribution in [0.1, 0.15) is 22.8 Å². The van der Waals surface area contributed by atoms with Crippen LogP contribution >= 0.6 is 0 Å². The van der Waals surface area contributed by atoms with Crippen molar-refractivity contribution < 1.29 is 19.1 Å². The quantitative estimate of drug-likeness (QED) is 0.594. The fraction of sp³-hybridized carbons (Fsp3) is 0.429. The highest BCUT2D eigenvalue weighted by Gasteiger charge is 2.11. The Kier molecular flexibility index (Phi) is 6.02. The third kappa shape index (κ3) is 4.71. The third-order valence-corrected chi connectivity index (χ3v) is 2.67. The van der Waals surface area contributed by atoms with Crippen LogP contribution in [0.2, 0.25) is 0 Å². The summed E-state index contributed by atoms with van der Waals surface area (Å²) < 4.78 is 10.0. The average Bonchev–Trinajstić information content (AvgIpc) is 2.38. The second kappa shape index (κ2) is 7.53. The molecule has 0 aromatic heterocycles. The van der Waals surface area contributed by atoms with Crippen LogP contribution in [0.3, 0.4) is 0 Å². The second-order valence-electron chi connectivity index (χ2n) is 4.10. The number of ketones is 1. The first-order valence-corrected chi connectivity index (χ1v) is 6.02. The highest BCUT2D eigenvalue weighted by Crippen LogP contribution is 2.20. The maximum atomic E-state index is 11.7. The molecule has 0 saturated heterocycles. The number of methoxy groups -OCH3 is 2. The summed E-state index contributed by atoms with van der Waals surface area (Å²) in [5.74, 6) is 0.437. The van der Waals surface area contributed by atoms with Crippen LogP contribution in [0.25, 0.3) is 0 Å². The van der Waals surface area contributed by atoms with Gasteiger partial charge >= 0.3 is 0 Å². The van der Waals surface area contributed by atoms with E-state index < -0.39 is 0 Å². The van der Waals surface area contributed by atoms with Gasteiger partial charge in [0.2, 0.25) is 5.91 Å². The molecular formula is C14H19NO4. The lowest BCUT2D eigenvalue weighted by Gasteiger charge is -2.10. The number of rotatable bonds is 7. The molecule has 0 aliphatic heterocycles. The summed E-state index contributed by atoms with van der Waals surface area (Å²) in [6.07, 6.45) is 0.175. The topological polar surface area (TPSA) is 64.6 Å². The van der Waals surface area contributed by atoms with E-state index in [1.54, 1.807) is 25.3 Å². The van der Waals surface area contributed by atoms with Crippen molar-refractivity contribution in [1.82, 2.24) is 5.32 Å². The molecule has 1 rings (SSSR count). The molecule has 0 unspecified atom stereocenters. The largest absolute Gasteiger partial charge is 0.496 e. The molecule has 0 fully saturated rings. The van der Waals surface area contributed by atoms with Crippen LogP contribution in [0.4, 0.5) is 0 Å². The summed E-state index contributed by atoms with van der Waals surface area (Å²) in [7, 11) is 3.11. The zero-order valence-electron chi connectivity index (χ0n) is 11.5. The minimum atomic E-state index is -0.129. The molecule has 1 aromatic rings. The molecule has 1 amide bonds. The predicted molar refractivity (Wildman–Crippen MR) is 71.6 cm³/mol. The molecule has 5 heteroatoms. The fourth-order valence-corrected chi connectivity index (χ4v) is 1.66. The van der Waals surface area contributed by atoms with Gasteiger partial charge in [-0.1, -0.05) is 0 Å². The highest BCUT2D eigenvalue weighted by atomic mass is 16.5. The predicted octanol–water partition coefficient (Wildman–Crippen LogP) is 1.20. The van der Waals surface area contributed by atoms with E-state index in [0.717, 1.165) is 0 Å². The van der Waals surface area contributed by atoms with Crippen LogP contribution < -0.4 is 10.1 Å². The van der Waals surface area contributed by atoms with Gasteiger partial charge in [0.25, 0.3) is 0 Å². The Labute approximate surface area is 112 Å². The molecule has 0 saturated carbocycles. The fourth-order valence-electron chi connectivity index (χ4n) is 1.66. The summed E-state index contributed by atoms with van der Waals surface area (Å²) >= 11 is 0. The molecule has 0 heterocycles. The van der Waals surface area contributed by atoms with Gasteiger partial charge in [-0.3, -0.25) is 9.59 Å². The average molecular weight is 265 g/mol. The number of carbonyl (C=O) groups excluding carboxylic acids is 2. The Morgan fingerprint density at radius 1 is 1.26 bits per heavy atom. The first kappa shape index (κ1) is 15.2. The lowest BCUT2D eigenvalue weighted by Crippen LogP contribution is -2.28. The van der Waals surface area contributed by atoms with Crippen molar-refractivity contribution in [2.75, 3.05) is 27.4 Å². The summed E-state index contributed by atoms with van der Waals surface area (Å²) in [6.45, 7) is 2.42. The van der Waals surface area contributed by atoms with Crippen LogP contribution in [0, 0.1) is 0 Å². The van der Waals surface area contributed by atoms with Crippen molar-refractivity contribution in [3.8, 4) is 5.75 Å². The monoisotopic (exact) mass is 265 g/mol. The van der Waals surface area contributed by atoms with Crippen molar-refractivity contribution in [3.05, 3.63) is 29.3 Å². The van der Waals surface area contributed by atoms with Crippen LogP contribution in [-0.4, -0.2) is 39.1 Å². The van der Waals surface area contributed by atoms with Crippen molar-refractivity contribution >= 4 is 11.7 Å². The number of benzene rings is 1. The standard InChI is InChI=1S/C14H19NO4/c1-10(16)11-4-5-13(19-3)12(8-11)9-14(17)15-6-7-18-2/h4-5,8H,6-7,9H2,1-3H3,(H,15,17). The molecule has 0 radical (unpaired) electrons. The number of nitrogens with one attached hydrogen (secondary N) is 1. The highest BCUT2D eigenvalue weighted by molar-refractivity contribution is 5.94. The summed E-state index contributed by atoms with van der Waals surface area (Å²) in [5.41, 5.74) is 1.27. The van der Waals surface area contributed by atoms with Crippen molar-refractivity contribution in [2.45, 2.75) is 13.3 Å². The van der Waals surface area contributed by atoms with Gasteiger partial charge < -0.3 is 14.8 Å². The summed E-state index contributed by atoms with van der Waals surface area (Å²) in [6, 6.07) is 5.08. The molecule has 19 heavy (non-hydrogen) atoms. The second-order valence-corrected chi connectivity index (χ2v) is 4.10. The molecule has 5 nitrogen and oxygen atoms in total. The van der Waals surface area contributed by atoms with Crippen LogP contribution in [0.5, 0.6) is 5.75 Å². The number of ether oxygens (including phenoxy) is 2. The van der Waals surface area contributed by atoms with Gasteiger partial charge in [-0.25, -0.2) is 0 Å². The maximum absolute atomic E-state index is 11.7. The Bertz CT molecular complexity index is 457. The van der Waals surface area contributed by atoms with Gasteiger partial charge in [-0.2, -0.15) is 0 Å². The number of hydrogen-bond acceptors (Lipinski definition) is 4. The molecule has 0 aliphatic carbocycles. The van der Waals surface area contributed by atoms with E-state index in [-0.39, 0.29) is 18.1 Å². The van der Waals surface area contributed by atoms with Crippen LogP contribution in [0.15, 0.2) is 18.2 Å². The van der Waals surface area contributed by atoms with E-state index in [1.807, 2.05) is 0 Å². The lowest BCUT2D eigenvalue weighted by molar-refractivity contribution is -0.120. The third-order valence-electron chi connectivity index (χ3n) is 2.67. The first-order chi connectivity index (χ1) is 9.08. The van der Waals surface area contributed by atoms with E-state index in [0.29, 0.717) is 30.0 Å². The number of amides is 1. The van der Waals surface area contributed by atoms with Crippen molar-refractivity contribution in [1.29, 1.82) is 0 Å². The normalized spacial score (nSPS) is 10.1. The smallest absolute Gasteiger partial charge is 0.224 e. The molecule has 0 bridgehead atoms. The zero-order valence-corrected chi connectivity index (χ0v) is 11.5. The Hall–Kier alpha value is -1.88. The summed E-state index contributed by atoms with van der Waals surface area (Å²) in [5, 5.41) is 2.73. The minimum Gasteiger partial charge on any atom is -0.496 e. The molecular weight excluding hydrogens is 246 g/mol. The van der Waals surface area contributed by atoms with E-state index in [4.69, 9.17) is 9.47 Å². The lowest BCUT2D eigenvalue weighted by atomic mass is 10.0. The van der Waals surface area contributed by atoms with E-state index in [9.17, 15) is 9.59 Å². The van der Waals surface area contributed by atoms with E-state index in [2.05, 4.69) is 5.32 Å². The summed E-state index contributed by atoms with van der Waals surface area (Å²) in [4.78, 5) is 23.1. The Morgan fingerprint density at radius 3 is 2.58 bits per heavy atom. The number of carbonyl (C=O) groups is 2. The van der Waals surface area contributed by atoms with Gasteiger partial charge in [-0.05, 0) is 25.1 Å². The van der Waals surface area contributed by atoms with Crippen molar-refractivity contribution in [3.63, 3.8) is 0 Å². The maximum Gasteiger partial charge on any atom is 0.224 e. The van der Waals surface area contributed by atoms with Gasteiger partial charge in [0.05, 0.1) is 20.1 Å². The number of hydrogen-bond donors (Lipinski definition) is 1. The van der Waals surface area contributed by atoms with Gasteiger partial charge in [-0.15, -0.1) is 0 Å². The van der Waals surface area contributed by atoms with Gasteiger partial charge in [0, 0.05) is 24.8 Å². The zero-order chi connectivity index (χ0) is 14.3. The molecule has 1 N–H and O–H groups in total. The molecule has 0 spiro atoms. The Balaban J connectivity index is 2.77. The molecule has 104 valence electrons. The molecule has 0 aliphatic rings. The van der Waals surface area contributed by atoms with Gasteiger partial charge in [0.15, 0.2) is 5.78 Å². The van der Waals surface area contributed by atoms with Gasteiger partial charge in [0.1, 0.15) is 5.75 Å². The first-order valence-electron chi connectivity index (χ1n) is 6.02. The van der Waals surface area contributed by atoms with E-state index in [1.165, 1.54) is 14.0 Å².